The number of hydrogen-bond donors (Lipinski definition) is 3. The third kappa shape index (κ3) is 2.51. The molecular formula is C10H9N3O4. The summed E-state index contributed by atoms with van der Waals surface area (Å²) < 4.78 is 0. The summed E-state index contributed by atoms with van der Waals surface area (Å²) in [7, 11) is 0. The average Bonchev–Trinajstić information content (AvgIpc) is 2.53. The van der Waals surface area contributed by atoms with E-state index in [9.17, 15) is 19.8 Å². The molecule has 3 N–H and O–H groups in total. The Kier molecular flexibility index (Phi) is 2.65. The van der Waals surface area contributed by atoms with Crippen LogP contribution in [-0.2, 0) is 4.79 Å². The molecule has 88 valence electrons. The molecule has 1 fully saturated rings. The Hall–Kier alpha value is -2.57. The van der Waals surface area contributed by atoms with E-state index in [1.54, 1.807) is 0 Å². The maximum Gasteiger partial charge on any atom is 0.344 e. The quantitative estimate of drug-likeness (QED) is 0.495. The summed E-state index contributed by atoms with van der Waals surface area (Å²) in [6.45, 7) is -0.139. The maximum absolute atomic E-state index is 11.1. The van der Waals surface area contributed by atoms with Crippen LogP contribution in [0.25, 0.3) is 0 Å². The van der Waals surface area contributed by atoms with E-state index < -0.39 is 11.9 Å². The lowest BCUT2D eigenvalue weighted by molar-refractivity contribution is -0.118. The number of nitrogens with one attached hydrogen (secondary N) is 1. The van der Waals surface area contributed by atoms with E-state index in [-0.39, 0.29) is 18.0 Å². The van der Waals surface area contributed by atoms with Gasteiger partial charge in [0.05, 0.1) is 6.21 Å². The molecule has 0 radical (unpaired) electrons. The van der Waals surface area contributed by atoms with E-state index in [4.69, 9.17) is 0 Å². The molecule has 0 unspecified atom stereocenters. The molecule has 3 amide bonds. The first-order valence-corrected chi connectivity index (χ1v) is 4.73. The van der Waals surface area contributed by atoms with Crippen molar-refractivity contribution < 1.29 is 19.8 Å². The fraction of sp³-hybridized carbons (Fsp3) is 0.100. The molecule has 1 saturated heterocycles. The lowest BCUT2D eigenvalue weighted by Crippen LogP contribution is -2.24. The molecule has 1 aromatic carbocycles. The van der Waals surface area contributed by atoms with Crippen LogP contribution in [0.1, 0.15) is 5.56 Å². The minimum atomic E-state index is -0.601. The van der Waals surface area contributed by atoms with Crippen molar-refractivity contribution in [2.24, 2.45) is 5.10 Å². The number of hydrogen-bond acceptors (Lipinski definition) is 5. The average molecular weight is 235 g/mol. The van der Waals surface area contributed by atoms with Crippen LogP contribution in [0.2, 0.25) is 0 Å². The molecule has 1 aromatic rings. The first-order chi connectivity index (χ1) is 8.04. The van der Waals surface area contributed by atoms with Crippen LogP contribution in [-0.4, -0.2) is 39.9 Å². The van der Waals surface area contributed by atoms with Gasteiger partial charge in [0.2, 0.25) is 5.91 Å². The maximum atomic E-state index is 11.1. The Balaban J connectivity index is 2.15. The zero-order valence-electron chi connectivity index (χ0n) is 8.62. The standard InChI is InChI=1S/C10H9N3O4/c14-7-1-6(2-8(15)3-7)4-11-13-5-9(16)12-10(13)17/h1-4,14-15H,5H2,(H,12,16,17)/b11-4+. The highest BCUT2D eigenvalue weighted by Crippen LogP contribution is 2.19. The van der Waals surface area contributed by atoms with Crippen LogP contribution in [0.3, 0.4) is 0 Å². The number of hydrazone groups is 1. The van der Waals surface area contributed by atoms with Gasteiger partial charge in [-0.3, -0.25) is 10.1 Å². The van der Waals surface area contributed by atoms with Crippen molar-refractivity contribution in [2.75, 3.05) is 6.54 Å². The molecule has 1 heterocycles. The fourth-order valence-electron chi connectivity index (χ4n) is 1.35. The van der Waals surface area contributed by atoms with Crippen LogP contribution in [0.15, 0.2) is 23.3 Å². The summed E-state index contributed by atoms with van der Waals surface area (Å²) in [6.07, 6.45) is 1.26. The van der Waals surface area contributed by atoms with Gasteiger partial charge in [-0.25, -0.2) is 9.80 Å². The second-order valence-electron chi connectivity index (χ2n) is 3.44. The number of phenols is 2. The number of nitrogens with zero attached hydrogens (tertiary/aromatic N) is 2. The summed E-state index contributed by atoms with van der Waals surface area (Å²) in [6, 6.07) is 3.29. The van der Waals surface area contributed by atoms with Crippen LogP contribution in [0, 0.1) is 0 Å². The first kappa shape index (κ1) is 10.9. The molecule has 1 aliphatic rings. The van der Waals surface area contributed by atoms with E-state index in [1.165, 1.54) is 24.4 Å². The van der Waals surface area contributed by atoms with Crippen molar-refractivity contribution >= 4 is 18.2 Å². The Labute approximate surface area is 96.0 Å². The summed E-state index contributed by atoms with van der Waals surface area (Å²) >= 11 is 0. The minimum absolute atomic E-state index is 0.117. The molecule has 7 heteroatoms. The summed E-state index contributed by atoms with van der Waals surface area (Å²) in [5.41, 5.74) is 0.412. The highest BCUT2D eigenvalue weighted by molar-refractivity contribution is 6.02. The minimum Gasteiger partial charge on any atom is -0.508 e. The van der Waals surface area contributed by atoms with Crippen molar-refractivity contribution in [3.63, 3.8) is 0 Å². The van der Waals surface area contributed by atoms with Gasteiger partial charge in [0.1, 0.15) is 18.0 Å². The third-order valence-corrected chi connectivity index (χ3v) is 2.05. The Bertz CT molecular complexity index is 492. The van der Waals surface area contributed by atoms with Crippen LogP contribution in [0.5, 0.6) is 11.5 Å². The van der Waals surface area contributed by atoms with Gasteiger partial charge in [-0.05, 0) is 12.1 Å². The lowest BCUT2D eigenvalue weighted by Gasteiger charge is -2.04. The number of amides is 3. The molecule has 0 bridgehead atoms. The van der Waals surface area contributed by atoms with Crippen LogP contribution in [0.4, 0.5) is 4.79 Å². The number of aromatic hydroxyl groups is 2. The first-order valence-electron chi connectivity index (χ1n) is 4.73. The van der Waals surface area contributed by atoms with Gasteiger partial charge >= 0.3 is 6.03 Å². The second kappa shape index (κ2) is 4.12. The van der Waals surface area contributed by atoms with Gasteiger partial charge in [0.25, 0.3) is 0 Å². The Morgan fingerprint density at radius 2 is 1.88 bits per heavy atom. The smallest absolute Gasteiger partial charge is 0.344 e. The van der Waals surface area contributed by atoms with Gasteiger partial charge in [0.15, 0.2) is 0 Å². The third-order valence-electron chi connectivity index (χ3n) is 2.05. The normalized spacial score (nSPS) is 15.6. The molecule has 0 saturated carbocycles. The molecule has 0 atom stereocenters. The molecule has 0 aromatic heterocycles. The van der Waals surface area contributed by atoms with E-state index in [0.717, 1.165) is 5.01 Å². The van der Waals surface area contributed by atoms with E-state index in [2.05, 4.69) is 10.4 Å². The number of phenolic OH excluding ortho intramolecular Hbond substituents is 2. The molecule has 17 heavy (non-hydrogen) atoms. The molecule has 0 aliphatic carbocycles. The number of carbonyl (C=O) groups is 2. The monoisotopic (exact) mass is 235 g/mol. The molecule has 2 rings (SSSR count). The zero-order valence-corrected chi connectivity index (χ0v) is 8.62. The van der Waals surface area contributed by atoms with Gasteiger partial charge in [-0.1, -0.05) is 0 Å². The van der Waals surface area contributed by atoms with Gasteiger partial charge in [-0.2, -0.15) is 5.10 Å². The Morgan fingerprint density at radius 1 is 1.24 bits per heavy atom. The second-order valence-corrected chi connectivity index (χ2v) is 3.44. The van der Waals surface area contributed by atoms with Gasteiger partial charge in [-0.15, -0.1) is 0 Å². The predicted octanol–water partition coefficient (Wildman–Crippen LogP) is -0.0165. The van der Waals surface area contributed by atoms with E-state index >= 15 is 0 Å². The van der Waals surface area contributed by atoms with Crippen molar-refractivity contribution in [1.29, 1.82) is 0 Å². The van der Waals surface area contributed by atoms with Gasteiger partial charge in [0, 0.05) is 11.6 Å². The van der Waals surface area contributed by atoms with E-state index in [1.807, 2.05) is 0 Å². The summed E-state index contributed by atoms with van der Waals surface area (Å²) in [5, 5.41) is 25.2. The highest BCUT2D eigenvalue weighted by atomic mass is 16.3. The van der Waals surface area contributed by atoms with Crippen molar-refractivity contribution in [3.8, 4) is 11.5 Å². The number of imide groups is 1. The topological polar surface area (TPSA) is 102 Å². The number of carbonyl (C=O) groups excluding carboxylic acids is 2. The van der Waals surface area contributed by atoms with Gasteiger partial charge < -0.3 is 10.2 Å². The number of benzene rings is 1. The fourth-order valence-corrected chi connectivity index (χ4v) is 1.35. The SMILES string of the molecule is O=C1CN(/N=C/c2cc(O)cc(O)c2)C(=O)N1. The molecule has 0 spiro atoms. The van der Waals surface area contributed by atoms with Crippen molar-refractivity contribution in [2.45, 2.75) is 0 Å². The van der Waals surface area contributed by atoms with E-state index in [0.29, 0.717) is 5.56 Å². The highest BCUT2D eigenvalue weighted by Gasteiger charge is 2.25. The molecular weight excluding hydrogens is 226 g/mol. The lowest BCUT2D eigenvalue weighted by atomic mass is 10.2. The van der Waals surface area contributed by atoms with Crippen molar-refractivity contribution in [3.05, 3.63) is 23.8 Å². The predicted molar refractivity (Wildman–Crippen MR) is 57.6 cm³/mol. The zero-order chi connectivity index (χ0) is 12.4. The number of urea groups is 1. The van der Waals surface area contributed by atoms with Crippen LogP contribution < -0.4 is 5.32 Å². The largest absolute Gasteiger partial charge is 0.508 e. The summed E-state index contributed by atoms with van der Waals surface area (Å²) in [4.78, 5) is 22.0. The number of rotatable bonds is 2. The Morgan fingerprint density at radius 3 is 2.41 bits per heavy atom. The van der Waals surface area contributed by atoms with Crippen molar-refractivity contribution in [1.82, 2.24) is 10.3 Å². The van der Waals surface area contributed by atoms with Crippen LogP contribution >= 0.6 is 0 Å². The molecule has 1 aliphatic heterocycles. The molecule has 7 nitrogen and oxygen atoms in total. The summed E-state index contributed by atoms with van der Waals surface area (Å²) in [5.74, 6) is -0.660.